The van der Waals surface area contributed by atoms with Crippen molar-refractivity contribution in [2.24, 2.45) is 0 Å². The van der Waals surface area contributed by atoms with E-state index in [2.05, 4.69) is 5.32 Å². The van der Waals surface area contributed by atoms with E-state index in [4.69, 9.17) is 9.84 Å². The zero-order valence-corrected chi connectivity index (χ0v) is 14.4. The quantitative estimate of drug-likeness (QED) is 0.750. The molecule has 0 aliphatic carbocycles. The Morgan fingerprint density at radius 1 is 1.35 bits per heavy atom. The van der Waals surface area contributed by atoms with Crippen molar-refractivity contribution in [2.45, 2.75) is 11.3 Å². The molecule has 0 aliphatic heterocycles. The maximum absolute atomic E-state index is 12.2. The summed E-state index contributed by atoms with van der Waals surface area (Å²) in [4.78, 5) is 24.8. The summed E-state index contributed by atoms with van der Waals surface area (Å²) in [6.45, 7) is 0.452. The molecule has 0 atom stereocenters. The third-order valence-corrected chi connectivity index (χ3v) is 5.09. The molecule has 2 N–H and O–H groups in total. The zero-order valence-electron chi connectivity index (χ0n) is 12.8. The highest BCUT2D eigenvalue weighted by Gasteiger charge is 2.13. The number of nitrogens with one attached hydrogen (secondary N) is 1. The highest BCUT2D eigenvalue weighted by Crippen LogP contribution is 2.25. The lowest BCUT2D eigenvalue weighted by molar-refractivity contribution is 0.0696. The minimum Gasteiger partial charge on any atom is -0.496 e. The standard InChI is InChI=1S/C16H17NO4S2/c1-21-12-9-11(16(19)20)4-3-10(12)5-7-17-15(18)14-13(22-2)6-8-23-14/h3-4,6,8-9H,5,7H2,1-2H3,(H,17,18)(H,19,20). The van der Waals surface area contributed by atoms with Gasteiger partial charge in [0.25, 0.3) is 5.91 Å². The predicted octanol–water partition coefficient (Wildman–Crippen LogP) is 3.15. The average molecular weight is 351 g/mol. The third-order valence-electron chi connectivity index (χ3n) is 3.27. The van der Waals surface area contributed by atoms with Crippen molar-refractivity contribution in [1.29, 1.82) is 0 Å². The molecule has 2 aromatic rings. The number of benzene rings is 1. The lowest BCUT2D eigenvalue weighted by atomic mass is 10.1. The van der Waals surface area contributed by atoms with E-state index in [1.54, 1.807) is 17.8 Å². The molecule has 0 saturated heterocycles. The molecule has 1 amide bonds. The second kappa shape index (κ2) is 8.03. The molecule has 0 radical (unpaired) electrons. The van der Waals surface area contributed by atoms with E-state index in [1.165, 1.54) is 30.6 Å². The highest BCUT2D eigenvalue weighted by atomic mass is 32.2. The van der Waals surface area contributed by atoms with Gasteiger partial charge in [-0.3, -0.25) is 4.79 Å². The first kappa shape index (κ1) is 17.4. The lowest BCUT2D eigenvalue weighted by Crippen LogP contribution is -2.25. The SMILES string of the molecule is COc1cc(C(=O)O)ccc1CCNC(=O)c1sccc1SC. The number of carbonyl (C=O) groups is 2. The first-order valence-electron chi connectivity index (χ1n) is 6.86. The van der Waals surface area contributed by atoms with Crippen LogP contribution in [0.3, 0.4) is 0 Å². The summed E-state index contributed by atoms with van der Waals surface area (Å²) in [7, 11) is 1.50. The van der Waals surface area contributed by atoms with Gasteiger partial charge < -0.3 is 15.2 Å². The number of amides is 1. The van der Waals surface area contributed by atoms with Gasteiger partial charge in [0.1, 0.15) is 10.6 Å². The van der Waals surface area contributed by atoms with Crippen LogP contribution in [0, 0.1) is 0 Å². The van der Waals surface area contributed by atoms with E-state index in [0.29, 0.717) is 23.6 Å². The van der Waals surface area contributed by atoms with Crippen molar-refractivity contribution in [3.63, 3.8) is 0 Å². The summed E-state index contributed by atoms with van der Waals surface area (Å²) >= 11 is 2.96. The summed E-state index contributed by atoms with van der Waals surface area (Å²) < 4.78 is 5.23. The van der Waals surface area contributed by atoms with Crippen molar-refractivity contribution in [3.05, 3.63) is 45.6 Å². The Balaban J connectivity index is 1.98. The van der Waals surface area contributed by atoms with Crippen LogP contribution in [0.1, 0.15) is 25.6 Å². The van der Waals surface area contributed by atoms with Gasteiger partial charge in [0.05, 0.1) is 12.7 Å². The van der Waals surface area contributed by atoms with Crippen molar-refractivity contribution >= 4 is 35.0 Å². The summed E-state index contributed by atoms with van der Waals surface area (Å²) in [5.41, 5.74) is 1.03. The molecule has 2 rings (SSSR count). The Labute approximate surface area is 142 Å². The fourth-order valence-electron chi connectivity index (χ4n) is 2.10. The van der Waals surface area contributed by atoms with E-state index in [0.717, 1.165) is 10.5 Å². The van der Waals surface area contributed by atoms with Crippen molar-refractivity contribution in [3.8, 4) is 5.75 Å². The maximum Gasteiger partial charge on any atom is 0.335 e. The van der Waals surface area contributed by atoms with Crippen LogP contribution in [0.2, 0.25) is 0 Å². The minimum atomic E-state index is -0.995. The molecule has 0 aliphatic rings. The second-order valence-electron chi connectivity index (χ2n) is 4.66. The highest BCUT2D eigenvalue weighted by molar-refractivity contribution is 7.98. The number of carboxylic acids is 1. The van der Waals surface area contributed by atoms with Crippen molar-refractivity contribution < 1.29 is 19.4 Å². The fraction of sp³-hybridized carbons (Fsp3) is 0.250. The maximum atomic E-state index is 12.2. The van der Waals surface area contributed by atoms with Gasteiger partial charge in [-0.1, -0.05) is 6.07 Å². The van der Waals surface area contributed by atoms with E-state index in [1.807, 2.05) is 17.7 Å². The Bertz CT molecular complexity index is 712. The number of hydrogen-bond acceptors (Lipinski definition) is 5. The van der Waals surface area contributed by atoms with Crippen LogP contribution < -0.4 is 10.1 Å². The van der Waals surface area contributed by atoms with Gasteiger partial charge in [-0.15, -0.1) is 23.1 Å². The summed E-state index contributed by atoms with van der Waals surface area (Å²) in [6.07, 6.45) is 2.50. The van der Waals surface area contributed by atoms with Gasteiger partial charge in [0.2, 0.25) is 0 Å². The van der Waals surface area contributed by atoms with Gasteiger partial charge in [-0.05, 0) is 41.8 Å². The van der Waals surface area contributed by atoms with Crippen LogP contribution in [0.15, 0.2) is 34.5 Å². The summed E-state index contributed by atoms with van der Waals surface area (Å²) in [5.74, 6) is -0.573. The normalized spacial score (nSPS) is 10.3. The van der Waals surface area contributed by atoms with Gasteiger partial charge >= 0.3 is 5.97 Å². The molecule has 0 unspecified atom stereocenters. The van der Waals surface area contributed by atoms with Crippen molar-refractivity contribution in [2.75, 3.05) is 19.9 Å². The van der Waals surface area contributed by atoms with Crippen LogP contribution in [0.5, 0.6) is 5.75 Å². The predicted molar refractivity (Wildman–Crippen MR) is 92.1 cm³/mol. The number of ether oxygens (including phenoxy) is 1. The first-order valence-corrected chi connectivity index (χ1v) is 8.97. The topological polar surface area (TPSA) is 75.6 Å². The van der Waals surface area contributed by atoms with Crippen LogP contribution >= 0.6 is 23.1 Å². The number of thiophene rings is 1. The molecule has 0 bridgehead atoms. The first-order chi connectivity index (χ1) is 11.1. The van der Waals surface area contributed by atoms with Crippen LogP contribution in [0.25, 0.3) is 0 Å². The molecular weight excluding hydrogens is 334 g/mol. The molecule has 5 nitrogen and oxygen atoms in total. The third kappa shape index (κ3) is 4.27. The Kier molecular flexibility index (Phi) is 6.06. The Morgan fingerprint density at radius 2 is 2.13 bits per heavy atom. The number of carboxylic acid groups (broad SMARTS) is 1. The fourth-order valence-corrected chi connectivity index (χ4v) is 3.77. The molecule has 1 aromatic carbocycles. The number of rotatable bonds is 7. The van der Waals surface area contributed by atoms with Crippen LogP contribution in [-0.4, -0.2) is 36.9 Å². The molecule has 122 valence electrons. The van der Waals surface area contributed by atoms with Gasteiger partial charge in [0.15, 0.2) is 0 Å². The number of aromatic carboxylic acids is 1. The molecule has 0 spiro atoms. The smallest absolute Gasteiger partial charge is 0.335 e. The van der Waals surface area contributed by atoms with E-state index in [9.17, 15) is 9.59 Å². The largest absolute Gasteiger partial charge is 0.496 e. The Morgan fingerprint density at radius 3 is 2.78 bits per heavy atom. The number of thioether (sulfide) groups is 1. The molecular formula is C16H17NO4S2. The number of hydrogen-bond donors (Lipinski definition) is 2. The van der Waals surface area contributed by atoms with Gasteiger partial charge in [0, 0.05) is 11.4 Å². The second-order valence-corrected chi connectivity index (χ2v) is 6.42. The summed E-state index contributed by atoms with van der Waals surface area (Å²) in [5, 5.41) is 13.8. The van der Waals surface area contributed by atoms with Gasteiger partial charge in [-0.2, -0.15) is 0 Å². The number of carbonyl (C=O) groups excluding carboxylic acids is 1. The Hall–Kier alpha value is -1.99. The zero-order chi connectivity index (χ0) is 16.8. The van der Waals surface area contributed by atoms with E-state index in [-0.39, 0.29) is 11.5 Å². The molecule has 7 heteroatoms. The summed E-state index contributed by atoms with van der Waals surface area (Å²) in [6, 6.07) is 6.67. The number of methoxy groups -OCH3 is 1. The monoisotopic (exact) mass is 351 g/mol. The van der Waals surface area contributed by atoms with Crippen LogP contribution in [-0.2, 0) is 6.42 Å². The lowest BCUT2D eigenvalue weighted by Gasteiger charge is -2.10. The van der Waals surface area contributed by atoms with Crippen molar-refractivity contribution in [1.82, 2.24) is 5.32 Å². The molecule has 0 saturated carbocycles. The minimum absolute atomic E-state index is 0.0922. The molecule has 23 heavy (non-hydrogen) atoms. The van der Waals surface area contributed by atoms with Gasteiger partial charge in [-0.25, -0.2) is 4.79 Å². The molecule has 1 aromatic heterocycles. The van der Waals surface area contributed by atoms with E-state index < -0.39 is 5.97 Å². The average Bonchev–Trinajstić information content (AvgIpc) is 3.03. The molecule has 1 heterocycles. The van der Waals surface area contributed by atoms with E-state index >= 15 is 0 Å². The van der Waals surface area contributed by atoms with Crippen LogP contribution in [0.4, 0.5) is 0 Å². The molecule has 0 fully saturated rings.